The molecule has 0 aliphatic carbocycles. The summed E-state index contributed by atoms with van der Waals surface area (Å²) in [6, 6.07) is 46.5. The van der Waals surface area contributed by atoms with Crippen molar-refractivity contribution in [1.82, 2.24) is 29.9 Å². The molecule has 0 unspecified atom stereocenters. The summed E-state index contributed by atoms with van der Waals surface area (Å²) in [5, 5.41) is 0.881. The average Bonchev–Trinajstić information content (AvgIpc) is 4.08. The van der Waals surface area contributed by atoms with Crippen molar-refractivity contribution in [1.29, 1.82) is 0 Å². The van der Waals surface area contributed by atoms with E-state index in [1.54, 1.807) is 0 Å². The lowest BCUT2D eigenvalue weighted by atomic mass is 9.99. The average molecular weight is 759 g/mol. The number of nitrogens with one attached hydrogen (secondary N) is 3. The Morgan fingerprint density at radius 3 is 1.71 bits per heavy atom. The molecule has 0 saturated heterocycles. The Morgan fingerprint density at radius 1 is 0.586 bits per heavy atom. The molecule has 5 heterocycles. The van der Waals surface area contributed by atoms with Crippen LogP contribution in [-0.4, -0.2) is 48.7 Å². The van der Waals surface area contributed by atoms with E-state index in [1.165, 1.54) is 5.56 Å². The summed E-state index contributed by atoms with van der Waals surface area (Å²) in [4.78, 5) is 43.9. The number of hydrogen-bond acceptors (Lipinski definition) is 7. The van der Waals surface area contributed by atoms with E-state index in [4.69, 9.17) is 19.4 Å². The Kier molecular flexibility index (Phi) is 8.71. The van der Waals surface area contributed by atoms with E-state index in [1.807, 2.05) is 97.1 Å². The van der Waals surface area contributed by atoms with Gasteiger partial charge in [-0.2, -0.15) is 0 Å². The Labute approximate surface area is 333 Å². The van der Waals surface area contributed by atoms with Crippen molar-refractivity contribution in [3.8, 4) is 34.2 Å². The molecule has 282 valence electrons. The van der Waals surface area contributed by atoms with Crippen LogP contribution in [0.25, 0.3) is 78.2 Å². The summed E-state index contributed by atoms with van der Waals surface area (Å²) >= 11 is 0. The molecule has 0 bridgehead atoms. The monoisotopic (exact) mass is 758 g/mol. The van der Waals surface area contributed by atoms with Crippen LogP contribution in [0.1, 0.15) is 25.0 Å². The lowest BCUT2D eigenvalue weighted by molar-refractivity contribution is 0.563. The molecule has 10 nitrogen and oxygen atoms in total. The van der Waals surface area contributed by atoms with Gasteiger partial charge >= 0.3 is 5.63 Å². The molecule has 3 N–H and O–H groups in total. The fourth-order valence-corrected chi connectivity index (χ4v) is 7.68. The number of nitrogens with zero attached hydrogens (tertiary/aromatic N) is 5. The Morgan fingerprint density at radius 2 is 1.12 bits per heavy atom. The summed E-state index contributed by atoms with van der Waals surface area (Å²) in [7, 11) is 0. The maximum Gasteiger partial charge on any atom is 0.347 e. The molecule has 58 heavy (non-hydrogen) atoms. The Balaban J connectivity index is 0.000000147. The molecule has 0 fully saturated rings. The number of rotatable bonds is 7. The van der Waals surface area contributed by atoms with Crippen LogP contribution in [0.5, 0.6) is 0 Å². The number of para-hydroxylation sites is 7. The van der Waals surface area contributed by atoms with E-state index in [9.17, 15) is 4.79 Å². The molecule has 0 spiro atoms. The zero-order chi connectivity index (χ0) is 39.2. The lowest BCUT2D eigenvalue weighted by Crippen LogP contribution is -2.21. The van der Waals surface area contributed by atoms with Crippen LogP contribution in [0.3, 0.4) is 0 Å². The van der Waals surface area contributed by atoms with E-state index in [2.05, 4.69) is 81.1 Å². The molecule has 10 aromatic rings. The molecule has 0 saturated carbocycles. The van der Waals surface area contributed by atoms with Crippen LogP contribution in [0.15, 0.2) is 154 Å². The number of anilines is 1. The van der Waals surface area contributed by atoms with Crippen LogP contribution < -0.4 is 10.5 Å². The lowest BCUT2D eigenvalue weighted by Gasteiger charge is -2.20. The molecule has 1 aliphatic heterocycles. The zero-order valence-electron chi connectivity index (χ0n) is 32.0. The number of fused-ring (bicyclic) bond motifs is 5. The first-order valence-electron chi connectivity index (χ1n) is 19.5. The quantitative estimate of drug-likeness (QED) is 0.139. The minimum absolute atomic E-state index is 0.386. The molecule has 0 radical (unpaired) electrons. The van der Waals surface area contributed by atoms with Crippen molar-refractivity contribution in [2.75, 3.05) is 18.0 Å². The van der Waals surface area contributed by atoms with Crippen LogP contribution in [-0.2, 0) is 6.42 Å². The smallest absolute Gasteiger partial charge is 0.347 e. The number of aromatic amines is 3. The predicted molar refractivity (Wildman–Crippen MR) is 234 cm³/mol. The summed E-state index contributed by atoms with van der Waals surface area (Å²) in [5.41, 5.74) is 13.8. The van der Waals surface area contributed by atoms with Crippen molar-refractivity contribution in [3.05, 3.63) is 161 Å². The second-order valence-corrected chi connectivity index (χ2v) is 14.3. The van der Waals surface area contributed by atoms with Crippen molar-refractivity contribution in [3.63, 3.8) is 0 Å². The van der Waals surface area contributed by atoms with Gasteiger partial charge < -0.3 is 24.3 Å². The Bertz CT molecular complexity index is 3050. The normalized spacial score (nSPS) is 12.2. The third kappa shape index (κ3) is 6.50. The number of benzene rings is 6. The molecular formula is C48H38N8O2. The van der Waals surface area contributed by atoms with Crippen LogP contribution >= 0.6 is 0 Å². The van der Waals surface area contributed by atoms with Gasteiger partial charge in [0.1, 0.15) is 28.6 Å². The van der Waals surface area contributed by atoms with E-state index in [0.29, 0.717) is 17.0 Å². The SMILES string of the molecule is CCN(CC)c1ccc2cc(-c3nc4ccccc4[nH]3)c(=O)oc2c1.c1ccc2c(c1)CC(c1cc(-c3nc4ccccc4[nH]3)cc(-c3nc4ccccc4[nH]3)c1)=N2. The second-order valence-electron chi connectivity index (χ2n) is 14.3. The summed E-state index contributed by atoms with van der Waals surface area (Å²) in [6.45, 7) is 6.02. The highest BCUT2D eigenvalue weighted by atomic mass is 16.4. The van der Waals surface area contributed by atoms with Crippen molar-refractivity contribution >= 4 is 61.2 Å². The van der Waals surface area contributed by atoms with Gasteiger partial charge in [0.15, 0.2) is 0 Å². The molecule has 1 aliphatic rings. The van der Waals surface area contributed by atoms with Crippen LogP contribution in [0.2, 0.25) is 0 Å². The zero-order valence-corrected chi connectivity index (χ0v) is 32.0. The van der Waals surface area contributed by atoms with Crippen molar-refractivity contribution in [2.45, 2.75) is 20.3 Å². The van der Waals surface area contributed by atoms with Gasteiger partial charge in [0.05, 0.1) is 44.5 Å². The number of aromatic nitrogens is 6. The van der Waals surface area contributed by atoms with Gasteiger partial charge in [0, 0.05) is 47.8 Å². The highest BCUT2D eigenvalue weighted by Crippen LogP contribution is 2.33. The highest BCUT2D eigenvalue weighted by Gasteiger charge is 2.19. The molecule has 10 heteroatoms. The number of H-pyrrole nitrogens is 3. The fraction of sp³-hybridized carbons (Fsp3) is 0.104. The van der Waals surface area contributed by atoms with E-state index >= 15 is 0 Å². The fourth-order valence-electron chi connectivity index (χ4n) is 7.68. The van der Waals surface area contributed by atoms with Gasteiger partial charge in [-0.15, -0.1) is 0 Å². The van der Waals surface area contributed by atoms with Gasteiger partial charge in [-0.25, -0.2) is 19.7 Å². The molecule has 0 amide bonds. The second kappa shape index (κ2) is 14.5. The number of aliphatic imine (C=N–C) groups is 1. The highest BCUT2D eigenvalue weighted by molar-refractivity contribution is 6.08. The van der Waals surface area contributed by atoms with Gasteiger partial charge in [0.25, 0.3) is 0 Å². The molecule has 4 aromatic heterocycles. The van der Waals surface area contributed by atoms with Gasteiger partial charge in [-0.05, 0) is 104 Å². The number of imidazole rings is 3. The topological polar surface area (TPSA) is 132 Å². The van der Waals surface area contributed by atoms with E-state index in [-0.39, 0.29) is 5.63 Å². The third-order valence-electron chi connectivity index (χ3n) is 10.7. The first kappa shape index (κ1) is 34.9. The third-order valence-corrected chi connectivity index (χ3v) is 10.7. The summed E-state index contributed by atoms with van der Waals surface area (Å²) in [5.74, 6) is 2.21. The van der Waals surface area contributed by atoms with Crippen LogP contribution in [0, 0.1) is 0 Å². The molecule has 0 atom stereocenters. The minimum atomic E-state index is -0.386. The molecular weight excluding hydrogens is 721 g/mol. The maximum absolute atomic E-state index is 12.5. The van der Waals surface area contributed by atoms with E-state index < -0.39 is 0 Å². The van der Waals surface area contributed by atoms with Gasteiger partial charge in [0.2, 0.25) is 0 Å². The van der Waals surface area contributed by atoms with Crippen LogP contribution in [0.4, 0.5) is 11.4 Å². The van der Waals surface area contributed by atoms with Crippen molar-refractivity contribution < 1.29 is 4.42 Å². The largest absolute Gasteiger partial charge is 0.422 e. The standard InChI is InChI=1S/C28H19N5.C20H19N3O2/c1-2-8-21-17(7-1)16-26(29-21)18-13-19(27-30-22-9-3-4-10-23(22)31-27)15-20(14-18)28-32-24-11-5-6-12-25(24)33-28;1-3-23(4-2)14-10-9-13-11-15(20(24)25-18(13)12-14)19-21-16-7-5-6-8-17(16)22-19/h1-15H,16H2,(H,30,31)(H,32,33);5-12H,3-4H2,1-2H3,(H,21,22). The van der Waals surface area contributed by atoms with Crippen molar-refractivity contribution in [2.24, 2.45) is 4.99 Å². The summed E-state index contributed by atoms with van der Waals surface area (Å²) < 4.78 is 5.58. The summed E-state index contributed by atoms with van der Waals surface area (Å²) in [6.07, 6.45) is 0.819. The predicted octanol–water partition coefficient (Wildman–Crippen LogP) is 10.6. The first-order valence-corrected chi connectivity index (χ1v) is 19.5. The first-order chi connectivity index (χ1) is 28.5. The van der Waals surface area contributed by atoms with Gasteiger partial charge in [-0.3, -0.25) is 4.99 Å². The van der Waals surface area contributed by atoms with Gasteiger partial charge in [-0.1, -0.05) is 54.6 Å². The maximum atomic E-state index is 12.5. The minimum Gasteiger partial charge on any atom is -0.422 e. The molecule has 11 rings (SSSR count). The molecule has 6 aromatic carbocycles. The Hall–Kier alpha value is -7.59. The van der Waals surface area contributed by atoms with E-state index in [0.717, 1.165) is 103 Å². The number of hydrogen-bond donors (Lipinski definition) is 3.